The fourth-order valence-electron chi connectivity index (χ4n) is 3.13. The molecule has 1 heterocycles. The van der Waals surface area contributed by atoms with Crippen LogP contribution >= 0.6 is 11.6 Å². The minimum Gasteiger partial charge on any atom is -0.329 e. The Kier molecular flexibility index (Phi) is 4.71. The molecule has 6 heteroatoms. The number of amides is 2. The molecule has 0 saturated heterocycles. The highest BCUT2D eigenvalue weighted by Gasteiger charge is 2.33. The number of halogens is 1. The van der Waals surface area contributed by atoms with Gasteiger partial charge in [-0.25, -0.2) is 0 Å². The fourth-order valence-corrected chi connectivity index (χ4v) is 3.31. The van der Waals surface area contributed by atoms with Crippen molar-refractivity contribution in [3.05, 3.63) is 40.1 Å². The van der Waals surface area contributed by atoms with E-state index < -0.39 is 5.92 Å². The summed E-state index contributed by atoms with van der Waals surface area (Å²) in [6, 6.07) is 5.27. The Labute approximate surface area is 145 Å². The van der Waals surface area contributed by atoms with Gasteiger partial charge in [-0.3, -0.25) is 14.4 Å². The van der Waals surface area contributed by atoms with Gasteiger partial charge in [0.2, 0.25) is 11.8 Å². The van der Waals surface area contributed by atoms with E-state index in [1.807, 2.05) is 13.0 Å². The van der Waals surface area contributed by atoms with Crippen molar-refractivity contribution in [3.8, 4) is 0 Å². The number of hydrogen-bond acceptors (Lipinski definition) is 3. The third-order valence-electron chi connectivity index (χ3n) is 4.51. The average molecular weight is 347 g/mol. The van der Waals surface area contributed by atoms with Crippen LogP contribution in [0, 0.1) is 12.8 Å². The number of allylic oxidation sites excluding steroid dienone is 2. The van der Waals surface area contributed by atoms with E-state index in [-0.39, 0.29) is 24.0 Å². The second kappa shape index (κ2) is 6.77. The molecule has 5 nitrogen and oxygen atoms in total. The lowest BCUT2D eigenvalue weighted by atomic mass is 9.83. The number of rotatable bonds is 3. The lowest BCUT2D eigenvalue weighted by molar-refractivity contribution is -0.129. The quantitative estimate of drug-likeness (QED) is 0.883. The highest BCUT2D eigenvalue weighted by molar-refractivity contribution is 6.31. The second-order valence-corrected chi connectivity index (χ2v) is 6.75. The number of ketones is 1. The Bertz CT molecular complexity index is 755. The SMILES string of the molecule is Cc1ccc(NC(=O)CC2CC3=C(CCCC3=O)NC2=O)cc1Cl. The van der Waals surface area contributed by atoms with Crippen LogP contribution in [0.1, 0.15) is 37.7 Å². The minimum absolute atomic E-state index is 0.0430. The van der Waals surface area contributed by atoms with E-state index in [0.29, 0.717) is 29.1 Å². The highest BCUT2D eigenvalue weighted by Crippen LogP contribution is 2.31. The van der Waals surface area contributed by atoms with Gasteiger partial charge in [-0.05, 0) is 43.9 Å². The zero-order valence-electron chi connectivity index (χ0n) is 13.4. The number of hydrogen-bond donors (Lipinski definition) is 2. The molecule has 1 aliphatic heterocycles. The van der Waals surface area contributed by atoms with Gasteiger partial charge < -0.3 is 10.6 Å². The van der Waals surface area contributed by atoms with Crippen LogP contribution in [0.3, 0.4) is 0 Å². The van der Waals surface area contributed by atoms with E-state index >= 15 is 0 Å². The number of benzene rings is 1. The fraction of sp³-hybridized carbons (Fsp3) is 0.389. The number of anilines is 1. The summed E-state index contributed by atoms with van der Waals surface area (Å²) in [5, 5.41) is 6.13. The van der Waals surface area contributed by atoms with E-state index in [1.165, 1.54) is 0 Å². The van der Waals surface area contributed by atoms with Gasteiger partial charge in [0.25, 0.3) is 0 Å². The first-order valence-electron chi connectivity index (χ1n) is 8.06. The number of Topliss-reactive ketones (excluding diaryl/α,β-unsaturated/α-hetero) is 1. The molecule has 0 fully saturated rings. The summed E-state index contributed by atoms with van der Waals surface area (Å²) >= 11 is 6.05. The maximum atomic E-state index is 12.2. The van der Waals surface area contributed by atoms with Crippen molar-refractivity contribution in [3.63, 3.8) is 0 Å². The van der Waals surface area contributed by atoms with Crippen molar-refractivity contribution in [1.82, 2.24) is 5.32 Å². The first kappa shape index (κ1) is 16.7. The molecule has 1 atom stereocenters. The molecular formula is C18H19ClN2O3. The molecule has 0 bridgehead atoms. The molecule has 2 N–H and O–H groups in total. The van der Waals surface area contributed by atoms with E-state index in [4.69, 9.17) is 11.6 Å². The van der Waals surface area contributed by atoms with Crippen molar-refractivity contribution < 1.29 is 14.4 Å². The maximum absolute atomic E-state index is 12.2. The van der Waals surface area contributed by atoms with Gasteiger partial charge in [0.15, 0.2) is 5.78 Å². The summed E-state index contributed by atoms with van der Waals surface area (Å²) in [4.78, 5) is 36.4. The summed E-state index contributed by atoms with van der Waals surface area (Å²) in [5.74, 6) is -0.860. The van der Waals surface area contributed by atoms with Crippen molar-refractivity contribution >= 4 is 34.9 Å². The van der Waals surface area contributed by atoms with Gasteiger partial charge in [-0.15, -0.1) is 0 Å². The molecule has 1 unspecified atom stereocenters. The molecule has 2 amide bonds. The lowest BCUT2D eigenvalue weighted by Crippen LogP contribution is -2.40. The van der Waals surface area contributed by atoms with Crippen molar-refractivity contribution in [2.45, 2.75) is 39.0 Å². The van der Waals surface area contributed by atoms with Gasteiger partial charge in [0, 0.05) is 34.8 Å². The zero-order valence-corrected chi connectivity index (χ0v) is 14.2. The van der Waals surface area contributed by atoms with Crippen LogP contribution in [0.15, 0.2) is 29.5 Å². The summed E-state index contributed by atoms with van der Waals surface area (Å²) in [7, 11) is 0. The molecular weight excluding hydrogens is 328 g/mol. The van der Waals surface area contributed by atoms with E-state index in [0.717, 1.165) is 24.1 Å². The van der Waals surface area contributed by atoms with Crippen LogP contribution in [-0.4, -0.2) is 17.6 Å². The first-order chi connectivity index (χ1) is 11.4. The standard InChI is InChI=1S/C18H19ClN2O3/c1-10-5-6-12(9-14(10)19)20-17(23)8-11-7-13-15(21-18(11)24)3-2-4-16(13)22/h5-6,9,11H,2-4,7-8H2,1H3,(H,20,23)(H,21,24). The third-order valence-corrected chi connectivity index (χ3v) is 4.92. The second-order valence-electron chi connectivity index (χ2n) is 6.34. The van der Waals surface area contributed by atoms with Crippen LogP contribution in [0.5, 0.6) is 0 Å². The number of aryl methyl sites for hydroxylation is 1. The Morgan fingerprint density at radius 3 is 2.88 bits per heavy atom. The van der Waals surface area contributed by atoms with Crippen molar-refractivity contribution in [2.24, 2.45) is 5.92 Å². The average Bonchev–Trinajstić information content (AvgIpc) is 2.52. The Morgan fingerprint density at radius 2 is 2.12 bits per heavy atom. The van der Waals surface area contributed by atoms with Crippen molar-refractivity contribution in [1.29, 1.82) is 0 Å². The molecule has 1 aromatic carbocycles. The Hall–Kier alpha value is -2.14. The predicted octanol–water partition coefficient (Wildman–Crippen LogP) is 3.12. The monoisotopic (exact) mass is 346 g/mol. The number of carbonyl (C=O) groups is 3. The molecule has 0 spiro atoms. The minimum atomic E-state index is -0.508. The number of carbonyl (C=O) groups excluding carboxylic acids is 3. The maximum Gasteiger partial charge on any atom is 0.228 e. The van der Waals surface area contributed by atoms with Gasteiger partial charge in [-0.2, -0.15) is 0 Å². The van der Waals surface area contributed by atoms with E-state index in [1.54, 1.807) is 12.1 Å². The Morgan fingerprint density at radius 1 is 1.33 bits per heavy atom. The first-order valence-corrected chi connectivity index (χ1v) is 8.44. The molecule has 1 aromatic rings. The van der Waals surface area contributed by atoms with Crippen LogP contribution < -0.4 is 10.6 Å². The smallest absolute Gasteiger partial charge is 0.228 e. The van der Waals surface area contributed by atoms with E-state index in [9.17, 15) is 14.4 Å². The van der Waals surface area contributed by atoms with Crippen LogP contribution in [-0.2, 0) is 14.4 Å². The molecule has 0 saturated carbocycles. The molecule has 0 radical (unpaired) electrons. The van der Waals surface area contributed by atoms with Crippen LogP contribution in [0.4, 0.5) is 5.69 Å². The summed E-state index contributed by atoms with van der Waals surface area (Å²) in [5.41, 5.74) is 2.97. The topological polar surface area (TPSA) is 75.3 Å². The van der Waals surface area contributed by atoms with Crippen LogP contribution in [0.25, 0.3) is 0 Å². The molecule has 0 aromatic heterocycles. The summed E-state index contributed by atoms with van der Waals surface area (Å²) in [6.45, 7) is 1.88. The normalized spacial score (nSPS) is 20.5. The Balaban J connectivity index is 1.66. The van der Waals surface area contributed by atoms with Crippen molar-refractivity contribution in [2.75, 3.05) is 5.32 Å². The largest absolute Gasteiger partial charge is 0.329 e. The number of nitrogens with one attached hydrogen (secondary N) is 2. The lowest BCUT2D eigenvalue weighted by Gasteiger charge is -2.29. The molecule has 24 heavy (non-hydrogen) atoms. The predicted molar refractivity (Wildman–Crippen MR) is 91.6 cm³/mol. The molecule has 3 rings (SSSR count). The van der Waals surface area contributed by atoms with Gasteiger partial charge in [-0.1, -0.05) is 17.7 Å². The zero-order chi connectivity index (χ0) is 17.3. The molecule has 126 valence electrons. The molecule has 1 aliphatic carbocycles. The van der Waals surface area contributed by atoms with Crippen LogP contribution in [0.2, 0.25) is 5.02 Å². The summed E-state index contributed by atoms with van der Waals surface area (Å²) < 4.78 is 0. The van der Waals surface area contributed by atoms with E-state index in [2.05, 4.69) is 10.6 Å². The van der Waals surface area contributed by atoms with Gasteiger partial charge in [0.05, 0.1) is 5.92 Å². The van der Waals surface area contributed by atoms with Gasteiger partial charge in [0.1, 0.15) is 0 Å². The summed E-state index contributed by atoms with van der Waals surface area (Å²) in [6.07, 6.45) is 2.42. The van der Waals surface area contributed by atoms with Gasteiger partial charge >= 0.3 is 0 Å². The third kappa shape index (κ3) is 3.51. The molecule has 2 aliphatic rings. The highest BCUT2D eigenvalue weighted by atomic mass is 35.5.